The molecule has 0 fully saturated rings. The summed E-state index contributed by atoms with van der Waals surface area (Å²) in [6.07, 6.45) is 0. The second-order valence-electron chi connectivity index (χ2n) is 5.83. The number of carbonyl (C=O) groups is 1. The fraction of sp³-hybridized carbons (Fsp3) is 0.294. The standard InChI is InChI=1S/C17H17N5O2/c1-17(2,3)16(23)22-13-6-5-12(7-15(13)24-4)21-14(10-20)11(8-18)9-19/h5-7,21H,1-4H3,(H,22,23). The van der Waals surface area contributed by atoms with Crippen molar-refractivity contribution < 1.29 is 9.53 Å². The predicted octanol–water partition coefficient (Wildman–Crippen LogP) is 2.92. The van der Waals surface area contributed by atoms with Crippen LogP contribution in [0.1, 0.15) is 20.8 Å². The van der Waals surface area contributed by atoms with Gasteiger partial charge in [-0.2, -0.15) is 15.8 Å². The maximum absolute atomic E-state index is 12.1. The minimum absolute atomic E-state index is 0.159. The highest BCUT2D eigenvalue weighted by Crippen LogP contribution is 2.30. The van der Waals surface area contributed by atoms with Crippen molar-refractivity contribution in [3.05, 3.63) is 29.5 Å². The predicted molar refractivity (Wildman–Crippen MR) is 88.6 cm³/mol. The van der Waals surface area contributed by atoms with Gasteiger partial charge < -0.3 is 15.4 Å². The van der Waals surface area contributed by atoms with Crippen molar-refractivity contribution in [3.63, 3.8) is 0 Å². The molecule has 0 aliphatic rings. The molecule has 24 heavy (non-hydrogen) atoms. The molecule has 0 aromatic heterocycles. The third-order valence-electron chi connectivity index (χ3n) is 2.99. The number of nitrogens with one attached hydrogen (secondary N) is 2. The van der Waals surface area contributed by atoms with E-state index in [1.165, 1.54) is 7.11 Å². The van der Waals surface area contributed by atoms with Crippen LogP contribution in [0.15, 0.2) is 29.5 Å². The summed E-state index contributed by atoms with van der Waals surface area (Å²) in [7, 11) is 1.45. The molecule has 0 saturated heterocycles. The minimum atomic E-state index is -0.562. The monoisotopic (exact) mass is 323 g/mol. The lowest BCUT2D eigenvalue weighted by Crippen LogP contribution is -2.27. The summed E-state index contributed by atoms with van der Waals surface area (Å²) in [5.41, 5.74) is -0.117. The van der Waals surface area contributed by atoms with E-state index in [-0.39, 0.29) is 17.2 Å². The first-order valence-electron chi connectivity index (χ1n) is 6.98. The zero-order valence-corrected chi connectivity index (χ0v) is 13.9. The van der Waals surface area contributed by atoms with E-state index in [0.717, 1.165) is 0 Å². The van der Waals surface area contributed by atoms with E-state index < -0.39 is 5.41 Å². The zero-order chi connectivity index (χ0) is 18.3. The fourth-order valence-corrected chi connectivity index (χ4v) is 1.61. The summed E-state index contributed by atoms with van der Waals surface area (Å²) in [5, 5.41) is 32.2. The number of hydrogen-bond acceptors (Lipinski definition) is 6. The normalized spacial score (nSPS) is 9.71. The van der Waals surface area contributed by atoms with Gasteiger partial charge in [0.2, 0.25) is 5.91 Å². The average molecular weight is 323 g/mol. The number of carbonyl (C=O) groups excluding carboxylic acids is 1. The molecule has 0 aliphatic carbocycles. The van der Waals surface area contributed by atoms with Gasteiger partial charge in [-0.25, -0.2) is 0 Å². The number of benzene rings is 1. The third kappa shape index (κ3) is 4.50. The Bertz CT molecular complexity index is 782. The van der Waals surface area contributed by atoms with Crippen LogP contribution in [0.4, 0.5) is 11.4 Å². The molecule has 0 saturated carbocycles. The molecular weight excluding hydrogens is 306 g/mol. The van der Waals surface area contributed by atoms with Gasteiger partial charge in [0.15, 0.2) is 5.57 Å². The third-order valence-corrected chi connectivity index (χ3v) is 2.99. The van der Waals surface area contributed by atoms with Crippen LogP contribution in [0, 0.1) is 39.4 Å². The molecule has 1 aromatic rings. The van der Waals surface area contributed by atoms with Gasteiger partial charge in [0.1, 0.15) is 29.7 Å². The lowest BCUT2D eigenvalue weighted by molar-refractivity contribution is -0.123. The van der Waals surface area contributed by atoms with Crippen molar-refractivity contribution in [2.75, 3.05) is 17.7 Å². The first-order chi connectivity index (χ1) is 11.3. The number of nitriles is 3. The van der Waals surface area contributed by atoms with E-state index >= 15 is 0 Å². The largest absolute Gasteiger partial charge is 0.494 e. The van der Waals surface area contributed by atoms with Crippen molar-refractivity contribution >= 4 is 17.3 Å². The zero-order valence-electron chi connectivity index (χ0n) is 13.9. The van der Waals surface area contributed by atoms with Crippen molar-refractivity contribution in [1.82, 2.24) is 0 Å². The summed E-state index contributed by atoms with van der Waals surface area (Å²) in [6.45, 7) is 5.38. The number of nitrogens with zero attached hydrogens (tertiary/aromatic N) is 3. The summed E-state index contributed by atoms with van der Waals surface area (Å²) in [5.74, 6) is 0.209. The van der Waals surface area contributed by atoms with Crippen molar-refractivity contribution in [2.24, 2.45) is 5.41 Å². The van der Waals surface area contributed by atoms with E-state index in [4.69, 9.17) is 20.5 Å². The molecule has 0 spiro atoms. The summed E-state index contributed by atoms with van der Waals surface area (Å²) in [6, 6.07) is 9.84. The van der Waals surface area contributed by atoms with Gasteiger partial charge in [0.25, 0.3) is 0 Å². The van der Waals surface area contributed by atoms with E-state index in [1.807, 2.05) is 0 Å². The number of allylic oxidation sites excluding steroid dienone is 2. The smallest absolute Gasteiger partial charge is 0.229 e. The number of anilines is 2. The molecule has 0 bridgehead atoms. The van der Waals surface area contributed by atoms with Crippen molar-refractivity contribution in [2.45, 2.75) is 20.8 Å². The maximum atomic E-state index is 12.1. The lowest BCUT2D eigenvalue weighted by Gasteiger charge is -2.19. The Kier molecular flexibility index (Phi) is 5.93. The molecular formula is C17H17N5O2. The number of rotatable bonds is 4. The molecule has 1 rings (SSSR count). The van der Waals surface area contributed by atoms with E-state index in [0.29, 0.717) is 17.1 Å². The van der Waals surface area contributed by atoms with Crippen LogP contribution in [0.3, 0.4) is 0 Å². The molecule has 7 nitrogen and oxygen atoms in total. The second kappa shape index (κ2) is 7.67. The summed E-state index contributed by atoms with van der Waals surface area (Å²) >= 11 is 0. The van der Waals surface area contributed by atoms with Gasteiger partial charge in [-0.15, -0.1) is 0 Å². The van der Waals surface area contributed by atoms with E-state index in [9.17, 15) is 4.79 Å². The van der Waals surface area contributed by atoms with Crippen LogP contribution in [-0.4, -0.2) is 13.0 Å². The van der Waals surface area contributed by atoms with Crippen molar-refractivity contribution in [3.8, 4) is 24.0 Å². The molecule has 1 amide bonds. The van der Waals surface area contributed by atoms with Gasteiger partial charge in [-0.1, -0.05) is 20.8 Å². The van der Waals surface area contributed by atoms with Crippen molar-refractivity contribution in [1.29, 1.82) is 15.8 Å². The SMILES string of the molecule is COc1cc(NC(C#N)=C(C#N)C#N)ccc1NC(=O)C(C)(C)C. The van der Waals surface area contributed by atoms with Gasteiger partial charge in [-0.05, 0) is 12.1 Å². The van der Waals surface area contributed by atoms with E-state index in [2.05, 4.69) is 10.6 Å². The van der Waals surface area contributed by atoms with Crippen LogP contribution >= 0.6 is 0 Å². The van der Waals surface area contributed by atoms with Crippen LogP contribution in [0.2, 0.25) is 0 Å². The number of methoxy groups -OCH3 is 1. The Hall–Kier alpha value is -3.50. The molecule has 0 atom stereocenters. The Morgan fingerprint density at radius 1 is 1.08 bits per heavy atom. The number of hydrogen-bond donors (Lipinski definition) is 2. The lowest BCUT2D eigenvalue weighted by atomic mass is 9.95. The number of ether oxygens (including phenoxy) is 1. The second-order valence-corrected chi connectivity index (χ2v) is 5.83. The molecule has 0 unspecified atom stereocenters. The van der Waals surface area contributed by atoms with Crippen LogP contribution in [0.5, 0.6) is 5.75 Å². The maximum Gasteiger partial charge on any atom is 0.229 e. The molecule has 0 aliphatic heterocycles. The summed E-state index contributed by atoms with van der Waals surface area (Å²) in [4.78, 5) is 12.1. The van der Waals surface area contributed by atoms with E-state index in [1.54, 1.807) is 57.2 Å². The Labute approximate surface area is 140 Å². The first-order valence-corrected chi connectivity index (χ1v) is 6.98. The fourth-order valence-electron chi connectivity index (χ4n) is 1.61. The Balaban J connectivity index is 3.15. The van der Waals surface area contributed by atoms with Gasteiger partial charge in [0, 0.05) is 17.2 Å². The van der Waals surface area contributed by atoms with Gasteiger partial charge >= 0.3 is 0 Å². The highest BCUT2D eigenvalue weighted by molar-refractivity contribution is 5.96. The first kappa shape index (κ1) is 18.5. The minimum Gasteiger partial charge on any atom is -0.494 e. The highest BCUT2D eigenvalue weighted by Gasteiger charge is 2.22. The summed E-state index contributed by atoms with van der Waals surface area (Å²) < 4.78 is 5.24. The quantitative estimate of drug-likeness (QED) is 0.821. The molecule has 0 heterocycles. The molecule has 122 valence electrons. The Morgan fingerprint density at radius 3 is 2.17 bits per heavy atom. The highest BCUT2D eigenvalue weighted by atomic mass is 16.5. The average Bonchev–Trinajstić information content (AvgIpc) is 2.55. The molecule has 7 heteroatoms. The topological polar surface area (TPSA) is 122 Å². The van der Waals surface area contributed by atoms with Gasteiger partial charge in [-0.3, -0.25) is 4.79 Å². The van der Waals surface area contributed by atoms with Crippen LogP contribution in [0.25, 0.3) is 0 Å². The molecule has 1 aromatic carbocycles. The molecule has 0 radical (unpaired) electrons. The number of amides is 1. The van der Waals surface area contributed by atoms with Crippen LogP contribution < -0.4 is 15.4 Å². The Morgan fingerprint density at radius 2 is 1.71 bits per heavy atom. The van der Waals surface area contributed by atoms with Gasteiger partial charge in [0.05, 0.1) is 12.8 Å². The molecule has 2 N–H and O–H groups in total. The van der Waals surface area contributed by atoms with Crippen LogP contribution in [-0.2, 0) is 4.79 Å².